The highest BCUT2D eigenvalue weighted by Crippen LogP contribution is 2.35. The van der Waals surface area contributed by atoms with Gasteiger partial charge in [-0.15, -0.1) is 0 Å². The topological polar surface area (TPSA) is 111 Å². The molecule has 0 saturated heterocycles. The van der Waals surface area contributed by atoms with Crippen LogP contribution in [0, 0.1) is 5.82 Å². The van der Waals surface area contributed by atoms with E-state index in [2.05, 4.69) is 15.4 Å². The van der Waals surface area contributed by atoms with Crippen LogP contribution in [0.25, 0.3) is 16.8 Å². The number of rotatable bonds is 10. The summed E-state index contributed by atoms with van der Waals surface area (Å²) in [5.74, 6) is 0.263. The lowest BCUT2D eigenvalue weighted by molar-refractivity contribution is 0.0513. The van der Waals surface area contributed by atoms with E-state index in [0.717, 1.165) is 5.56 Å². The lowest BCUT2D eigenvalue weighted by Gasteiger charge is -2.18. The predicted molar refractivity (Wildman–Crippen MR) is 147 cm³/mol. The molecule has 4 aromatic rings. The number of halogens is 2. The summed E-state index contributed by atoms with van der Waals surface area (Å²) < 4.78 is 31.7. The molecule has 10 nitrogen and oxygen atoms in total. The van der Waals surface area contributed by atoms with E-state index in [4.69, 9.17) is 25.8 Å². The number of benzene rings is 3. The van der Waals surface area contributed by atoms with E-state index in [1.165, 1.54) is 35.1 Å². The zero-order valence-electron chi connectivity index (χ0n) is 21.4. The third-order valence-electron chi connectivity index (χ3n) is 6.09. The van der Waals surface area contributed by atoms with E-state index in [9.17, 15) is 14.3 Å². The van der Waals surface area contributed by atoms with Crippen molar-refractivity contribution < 1.29 is 23.7 Å². The highest BCUT2D eigenvalue weighted by molar-refractivity contribution is 6.30. The first-order valence-electron chi connectivity index (χ1n) is 12.3. The van der Waals surface area contributed by atoms with Crippen molar-refractivity contribution >= 4 is 17.3 Å². The van der Waals surface area contributed by atoms with Crippen molar-refractivity contribution in [2.24, 2.45) is 10.3 Å². The Morgan fingerprint density at radius 2 is 1.88 bits per heavy atom. The molecule has 0 radical (unpaired) electrons. The zero-order chi connectivity index (χ0) is 28.1. The summed E-state index contributed by atoms with van der Waals surface area (Å²) in [6.07, 6.45) is 1.92. The molecule has 1 aromatic heterocycles. The first-order chi connectivity index (χ1) is 19.5. The van der Waals surface area contributed by atoms with Gasteiger partial charge in [-0.25, -0.2) is 9.40 Å². The van der Waals surface area contributed by atoms with Gasteiger partial charge in [0.25, 0.3) is 0 Å². The number of aliphatic hydroxyl groups excluding tert-OH is 1. The van der Waals surface area contributed by atoms with Crippen LogP contribution in [0.1, 0.15) is 6.42 Å². The standard InChI is InChI=1S/C28H25ClFN5O5/c1-38-17-39-26-14-20(30)6-11-24(26)18-2-9-23(10-3-18)40-27-25(34-16-21(12-13-36)32-33-34)15-31-35(28(27)37)22-7-4-19(29)5-8-22/h2-11,14-15,21,36H,12-13,16-17H2,1H3. The SMILES string of the molecule is COCOc1cc(F)ccc1-c1ccc(Oc2c(N3CC(CCO)N=N3)cnn(-c3ccc(Cl)cc3)c2=O)cc1. The van der Waals surface area contributed by atoms with Gasteiger partial charge in [-0.2, -0.15) is 14.9 Å². The molecule has 1 atom stereocenters. The zero-order valence-corrected chi connectivity index (χ0v) is 22.2. The number of methoxy groups -OCH3 is 1. The highest BCUT2D eigenvalue weighted by atomic mass is 35.5. The molecule has 0 amide bonds. The Kier molecular flexibility index (Phi) is 8.34. The number of ether oxygens (including phenoxy) is 3. The fourth-order valence-corrected chi connectivity index (χ4v) is 4.25. The van der Waals surface area contributed by atoms with Gasteiger partial charge in [0.05, 0.1) is 24.5 Å². The maximum Gasteiger partial charge on any atom is 0.316 e. The van der Waals surface area contributed by atoms with Gasteiger partial charge >= 0.3 is 5.56 Å². The van der Waals surface area contributed by atoms with Crippen LogP contribution in [0.5, 0.6) is 17.2 Å². The first-order valence-corrected chi connectivity index (χ1v) is 12.7. The van der Waals surface area contributed by atoms with Crippen molar-refractivity contribution in [2.75, 3.05) is 32.1 Å². The van der Waals surface area contributed by atoms with E-state index in [0.29, 0.717) is 46.4 Å². The fraction of sp³-hybridized carbons (Fsp3) is 0.214. The second-order valence-corrected chi connectivity index (χ2v) is 9.26. The van der Waals surface area contributed by atoms with Crippen LogP contribution < -0.4 is 20.0 Å². The maximum atomic E-state index is 13.8. The van der Waals surface area contributed by atoms with Crippen molar-refractivity contribution in [1.29, 1.82) is 0 Å². The molecule has 206 valence electrons. The van der Waals surface area contributed by atoms with Gasteiger partial charge in [0, 0.05) is 30.4 Å². The smallest absolute Gasteiger partial charge is 0.316 e. The molecule has 1 aliphatic heterocycles. The molecule has 3 aromatic carbocycles. The Balaban J connectivity index is 1.49. The molecule has 1 N–H and O–H groups in total. The molecule has 2 heterocycles. The molecule has 40 heavy (non-hydrogen) atoms. The average molecular weight is 566 g/mol. The van der Waals surface area contributed by atoms with E-state index in [-0.39, 0.29) is 25.2 Å². The van der Waals surface area contributed by atoms with Gasteiger partial charge < -0.3 is 19.3 Å². The quantitative estimate of drug-likeness (QED) is 0.256. The van der Waals surface area contributed by atoms with E-state index < -0.39 is 11.4 Å². The van der Waals surface area contributed by atoms with Gasteiger partial charge in [-0.05, 0) is 60.5 Å². The Morgan fingerprint density at radius 1 is 1.10 bits per heavy atom. The number of aliphatic hydroxyl groups is 1. The van der Waals surface area contributed by atoms with E-state index >= 15 is 0 Å². The lowest BCUT2D eigenvalue weighted by atomic mass is 10.0. The van der Waals surface area contributed by atoms with Gasteiger partial charge in [0.15, 0.2) is 6.79 Å². The molecule has 0 aliphatic carbocycles. The van der Waals surface area contributed by atoms with Gasteiger partial charge in [-0.3, -0.25) is 4.79 Å². The molecule has 0 fully saturated rings. The lowest BCUT2D eigenvalue weighted by Crippen LogP contribution is -2.27. The van der Waals surface area contributed by atoms with Crippen LogP contribution in [0.4, 0.5) is 10.1 Å². The summed E-state index contributed by atoms with van der Waals surface area (Å²) >= 11 is 6.02. The van der Waals surface area contributed by atoms with Crippen molar-refractivity contribution in [3.8, 4) is 34.1 Å². The summed E-state index contributed by atoms with van der Waals surface area (Å²) in [5, 5.41) is 24.0. The minimum Gasteiger partial charge on any atom is -0.467 e. The molecular formula is C28H25ClFN5O5. The molecular weight excluding hydrogens is 541 g/mol. The monoisotopic (exact) mass is 565 g/mol. The van der Waals surface area contributed by atoms with Gasteiger partial charge in [-0.1, -0.05) is 29.0 Å². The first kappa shape index (κ1) is 27.3. The minimum atomic E-state index is -0.515. The van der Waals surface area contributed by atoms with E-state index in [1.807, 2.05) is 0 Å². The summed E-state index contributed by atoms with van der Waals surface area (Å²) in [5.41, 5.74) is 1.72. The number of hydrogen-bond acceptors (Lipinski definition) is 9. The van der Waals surface area contributed by atoms with Crippen LogP contribution >= 0.6 is 11.6 Å². The third kappa shape index (κ3) is 5.96. The summed E-state index contributed by atoms with van der Waals surface area (Å²) in [4.78, 5) is 13.6. The predicted octanol–water partition coefficient (Wildman–Crippen LogP) is 5.41. The molecule has 0 spiro atoms. The number of aromatic nitrogens is 2. The molecule has 0 saturated carbocycles. The number of nitrogens with zero attached hydrogens (tertiary/aromatic N) is 5. The molecule has 5 rings (SSSR count). The minimum absolute atomic E-state index is 0.00722. The van der Waals surface area contributed by atoms with E-state index in [1.54, 1.807) is 54.6 Å². The van der Waals surface area contributed by atoms with Crippen LogP contribution in [-0.2, 0) is 4.74 Å². The Hall–Kier alpha value is -4.32. The Labute approximate surface area is 233 Å². The Morgan fingerprint density at radius 3 is 2.60 bits per heavy atom. The third-order valence-corrected chi connectivity index (χ3v) is 6.35. The normalized spacial score (nSPS) is 14.5. The van der Waals surface area contributed by atoms with Crippen LogP contribution in [-0.4, -0.2) is 48.0 Å². The van der Waals surface area contributed by atoms with Gasteiger partial charge in [0.2, 0.25) is 5.75 Å². The van der Waals surface area contributed by atoms with Gasteiger partial charge in [0.1, 0.15) is 23.0 Å². The Bertz CT molecular complexity index is 1560. The van der Waals surface area contributed by atoms with Crippen LogP contribution in [0.15, 0.2) is 88.1 Å². The van der Waals surface area contributed by atoms with Crippen molar-refractivity contribution in [1.82, 2.24) is 9.78 Å². The average Bonchev–Trinajstić information content (AvgIpc) is 3.43. The summed E-state index contributed by atoms with van der Waals surface area (Å²) in [6.45, 7) is 0.294. The van der Waals surface area contributed by atoms with Crippen molar-refractivity contribution in [3.05, 3.63) is 94.1 Å². The second-order valence-electron chi connectivity index (χ2n) is 8.82. The maximum absolute atomic E-state index is 13.8. The fourth-order valence-electron chi connectivity index (χ4n) is 4.12. The number of anilines is 1. The largest absolute Gasteiger partial charge is 0.467 e. The summed E-state index contributed by atoms with van der Waals surface area (Å²) in [6, 6.07) is 17.6. The molecule has 1 unspecified atom stereocenters. The van der Waals surface area contributed by atoms with Crippen molar-refractivity contribution in [3.63, 3.8) is 0 Å². The molecule has 0 bridgehead atoms. The molecule has 12 heteroatoms. The molecule has 1 aliphatic rings. The van der Waals surface area contributed by atoms with Crippen molar-refractivity contribution in [2.45, 2.75) is 12.5 Å². The second kappa shape index (κ2) is 12.2. The summed E-state index contributed by atoms with van der Waals surface area (Å²) in [7, 11) is 1.48. The van der Waals surface area contributed by atoms with Crippen LogP contribution in [0.3, 0.4) is 0 Å². The number of hydrogen-bond donors (Lipinski definition) is 1. The highest BCUT2D eigenvalue weighted by Gasteiger charge is 2.26. The van der Waals surface area contributed by atoms with Crippen LogP contribution in [0.2, 0.25) is 5.02 Å².